The van der Waals surface area contributed by atoms with Gasteiger partial charge in [-0.1, -0.05) is 12.1 Å². The van der Waals surface area contributed by atoms with E-state index in [1.807, 2.05) is 31.2 Å². The molecule has 0 saturated carbocycles. The quantitative estimate of drug-likeness (QED) is 0.723. The molecule has 0 aliphatic carbocycles. The van der Waals surface area contributed by atoms with Crippen molar-refractivity contribution < 1.29 is 9.47 Å². The molecule has 0 aliphatic heterocycles. The second-order valence-corrected chi connectivity index (χ2v) is 6.05. The number of benzene rings is 1. The van der Waals surface area contributed by atoms with Crippen molar-refractivity contribution in [2.45, 2.75) is 13.5 Å². The van der Waals surface area contributed by atoms with Crippen LogP contribution in [0, 0.1) is 0 Å². The summed E-state index contributed by atoms with van der Waals surface area (Å²) in [6.07, 6.45) is 0. The number of para-hydroxylation sites is 2. The summed E-state index contributed by atoms with van der Waals surface area (Å²) in [5, 5.41) is 5.45. The lowest BCUT2D eigenvalue weighted by Gasteiger charge is -2.11. The van der Waals surface area contributed by atoms with Crippen LogP contribution in [-0.4, -0.2) is 19.8 Å². The molecule has 2 aromatic rings. The molecule has 0 spiro atoms. The SMILES string of the molecule is CCOc1ccccc1OCCNCc1cc(Br)cs1. The van der Waals surface area contributed by atoms with Gasteiger partial charge < -0.3 is 14.8 Å². The number of nitrogens with one attached hydrogen (secondary N) is 1. The summed E-state index contributed by atoms with van der Waals surface area (Å²) >= 11 is 5.19. The summed E-state index contributed by atoms with van der Waals surface area (Å²) in [6, 6.07) is 9.89. The van der Waals surface area contributed by atoms with Crippen LogP contribution in [0.1, 0.15) is 11.8 Å². The highest BCUT2D eigenvalue weighted by Gasteiger charge is 2.03. The molecule has 1 N–H and O–H groups in total. The molecule has 3 nitrogen and oxygen atoms in total. The van der Waals surface area contributed by atoms with Crippen LogP contribution in [0.5, 0.6) is 11.5 Å². The predicted octanol–water partition coefficient (Wildman–Crippen LogP) is 4.08. The molecule has 0 saturated heterocycles. The van der Waals surface area contributed by atoms with E-state index in [1.165, 1.54) is 4.88 Å². The van der Waals surface area contributed by atoms with Gasteiger partial charge in [0.15, 0.2) is 11.5 Å². The standard InChI is InChI=1S/C15H18BrNO2S/c1-2-18-14-5-3-4-6-15(14)19-8-7-17-10-13-9-12(16)11-20-13/h3-6,9,11,17H,2,7-8,10H2,1H3. The molecule has 0 radical (unpaired) electrons. The number of hydrogen-bond donors (Lipinski definition) is 1. The highest BCUT2D eigenvalue weighted by Crippen LogP contribution is 2.26. The molecule has 2 rings (SSSR count). The maximum atomic E-state index is 5.74. The molecule has 0 unspecified atom stereocenters. The summed E-state index contributed by atoms with van der Waals surface area (Å²) in [5.41, 5.74) is 0. The molecular weight excluding hydrogens is 338 g/mol. The van der Waals surface area contributed by atoms with Gasteiger partial charge in [-0.3, -0.25) is 0 Å². The number of rotatable bonds is 8. The fourth-order valence-corrected chi connectivity index (χ4v) is 3.16. The van der Waals surface area contributed by atoms with Crippen molar-refractivity contribution in [3.8, 4) is 11.5 Å². The van der Waals surface area contributed by atoms with Crippen LogP contribution < -0.4 is 14.8 Å². The molecule has 0 aliphatic rings. The minimum atomic E-state index is 0.622. The van der Waals surface area contributed by atoms with Crippen LogP contribution in [0.4, 0.5) is 0 Å². The van der Waals surface area contributed by atoms with E-state index < -0.39 is 0 Å². The Morgan fingerprint density at radius 2 is 1.95 bits per heavy atom. The molecule has 1 aromatic heterocycles. The van der Waals surface area contributed by atoms with Gasteiger partial charge in [0.2, 0.25) is 0 Å². The van der Waals surface area contributed by atoms with E-state index in [0.717, 1.165) is 29.1 Å². The van der Waals surface area contributed by atoms with Crippen LogP contribution in [0.3, 0.4) is 0 Å². The second-order valence-electron chi connectivity index (χ2n) is 4.14. The zero-order valence-corrected chi connectivity index (χ0v) is 13.8. The van der Waals surface area contributed by atoms with Crippen molar-refractivity contribution in [3.05, 3.63) is 45.1 Å². The van der Waals surface area contributed by atoms with Gasteiger partial charge in [-0.25, -0.2) is 0 Å². The Labute approximate surface area is 132 Å². The monoisotopic (exact) mass is 355 g/mol. The maximum Gasteiger partial charge on any atom is 0.161 e. The van der Waals surface area contributed by atoms with E-state index in [4.69, 9.17) is 9.47 Å². The van der Waals surface area contributed by atoms with E-state index in [9.17, 15) is 0 Å². The molecule has 1 aromatic carbocycles. The first-order valence-corrected chi connectivity index (χ1v) is 8.25. The van der Waals surface area contributed by atoms with Gasteiger partial charge >= 0.3 is 0 Å². The Kier molecular flexibility index (Phi) is 6.36. The van der Waals surface area contributed by atoms with Crippen molar-refractivity contribution in [1.29, 1.82) is 0 Å². The van der Waals surface area contributed by atoms with Gasteiger partial charge in [0.05, 0.1) is 6.61 Å². The lowest BCUT2D eigenvalue weighted by molar-refractivity contribution is 0.276. The molecule has 0 bridgehead atoms. The second kappa shape index (κ2) is 8.29. The lowest BCUT2D eigenvalue weighted by Crippen LogP contribution is -2.20. The first-order valence-electron chi connectivity index (χ1n) is 6.58. The van der Waals surface area contributed by atoms with Crippen LogP contribution >= 0.6 is 27.3 Å². The van der Waals surface area contributed by atoms with Gasteiger partial charge in [0, 0.05) is 27.8 Å². The third kappa shape index (κ3) is 4.81. The predicted molar refractivity (Wildman–Crippen MR) is 86.8 cm³/mol. The molecule has 0 amide bonds. The van der Waals surface area contributed by atoms with Crippen LogP contribution in [0.15, 0.2) is 40.2 Å². The van der Waals surface area contributed by atoms with Gasteiger partial charge in [0.1, 0.15) is 6.61 Å². The van der Waals surface area contributed by atoms with Crippen molar-refractivity contribution in [2.75, 3.05) is 19.8 Å². The largest absolute Gasteiger partial charge is 0.490 e. The van der Waals surface area contributed by atoms with E-state index >= 15 is 0 Å². The van der Waals surface area contributed by atoms with E-state index in [1.54, 1.807) is 11.3 Å². The number of hydrogen-bond acceptors (Lipinski definition) is 4. The Bertz CT molecular complexity index is 530. The lowest BCUT2D eigenvalue weighted by atomic mass is 10.3. The summed E-state index contributed by atoms with van der Waals surface area (Å²) < 4.78 is 12.4. The average molecular weight is 356 g/mol. The summed E-state index contributed by atoms with van der Waals surface area (Å²) in [6.45, 7) is 4.91. The average Bonchev–Trinajstić information content (AvgIpc) is 2.86. The van der Waals surface area contributed by atoms with Gasteiger partial charge in [-0.05, 0) is 41.1 Å². The van der Waals surface area contributed by atoms with Crippen LogP contribution in [0.2, 0.25) is 0 Å². The van der Waals surface area contributed by atoms with E-state index in [0.29, 0.717) is 13.2 Å². The fraction of sp³-hybridized carbons (Fsp3) is 0.333. The smallest absolute Gasteiger partial charge is 0.161 e. The van der Waals surface area contributed by atoms with Crippen molar-refractivity contribution in [2.24, 2.45) is 0 Å². The van der Waals surface area contributed by atoms with Gasteiger partial charge in [-0.15, -0.1) is 11.3 Å². The Balaban J connectivity index is 1.70. The normalized spacial score (nSPS) is 10.5. The van der Waals surface area contributed by atoms with E-state index in [2.05, 4.69) is 32.7 Å². The first kappa shape index (κ1) is 15.4. The minimum absolute atomic E-state index is 0.622. The first-order chi connectivity index (χ1) is 9.79. The van der Waals surface area contributed by atoms with Crippen molar-refractivity contribution >= 4 is 27.3 Å². The van der Waals surface area contributed by atoms with Crippen LogP contribution in [-0.2, 0) is 6.54 Å². The fourth-order valence-electron chi connectivity index (χ4n) is 1.74. The molecule has 20 heavy (non-hydrogen) atoms. The Morgan fingerprint density at radius 3 is 2.60 bits per heavy atom. The summed E-state index contributed by atoms with van der Waals surface area (Å²) in [7, 11) is 0. The summed E-state index contributed by atoms with van der Waals surface area (Å²) in [5.74, 6) is 1.60. The Morgan fingerprint density at radius 1 is 1.20 bits per heavy atom. The highest BCUT2D eigenvalue weighted by atomic mass is 79.9. The summed E-state index contributed by atoms with van der Waals surface area (Å²) in [4.78, 5) is 1.31. The minimum Gasteiger partial charge on any atom is -0.490 e. The van der Waals surface area contributed by atoms with Gasteiger partial charge in [0.25, 0.3) is 0 Å². The molecule has 5 heteroatoms. The molecule has 108 valence electrons. The molecule has 0 atom stereocenters. The van der Waals surface area contributed by atoms with Crippen molar-refractivity contribution in [3.63, 3.8) is 0 Å². The molecule has 0 fully saturated rings. The van der Waals surface area contributed by atoms with Crippen LogP contribution in [0.25, 0.3) is 0 Å². The van der Waals surface area contributed by atoms with Gasteiger partial charge in [-0.2, -0.15) is 0 Å². The molecular formula is C15H18BrNO2S. The maximum absolute atomic E-state index is 5.74. The molecule has 1 heterocycles. The third-order valence-electron chi connectivity index (χ3n) is 2.61. The van der Waals surface area contributed by atoms with E-state index in [-0.39, 0.29) is 0 Å². The zero-order valence-electron chi connectivity index (χ0n) is 11.4. The number of thiophene rings is 1. The van der Waals surface area contributed by atoms with Crippen molar-refractivity contribution in [1.82, 2.24) is 5.32 Å². The zero-order chi connectivity index (χ0) is 14.2. The number of halogens is 1. The third-order valence-corrected chi connectivity index (χ3v) is 4.30. The Hall–Kier alpha value is -1.04. The highest BCUT2D eigenvalue weighted by molar-refractivity contribution is 9.10. The topological polar surface area (TPSA) is 30.5 Å². The number of ether oxygens (including phenoxy) is 2.